The molecule has 0 fully saturated rings. The van der Waals surface area contributed by atoms with E-state index in [2.05, 4.69) is 35.8 Å². The molecular formula is C15H16ClNS. The number of hydrogen-bond acceptors (Lipinski definition) is 2. The van der Waals surface area contributed by atoms with Crippen LogP contribution in [0.1, 0.15) is 11.1 Å². The van der Waals surface area contributed by atoms with Crippen molar-refractivity contribution in [3.8, 4) is 0 Å². The van der Waals surface area contributed by atoms with E-state index in [1.807, 2.05) is 24.3 Å². The highest BCUT2D eigenvalue weighted by Gasteiger charge is 1.98. The molecule has 2 aromatic rings. The Morgan fingerprint density at radius 2 is 1.72 bits per heavy atom. The zero-order valence-corrected chi connectivity index (χ0v) is 11.9. The summed E-state index contributed by atoms with van der Waals surface area (Å²) in [6.07, 6.45) is 2.09. The van der Waals surface area contributed by atoms with E-state index >= 15 is 0 Å². The van der Waals surface area contributed by atoms with Crippen LogP contribution in [0.3, 0.4) is 0 Å². The van der Waals surface area contributed by atoms with Crippen LogP contribution in [0.2, 0.25) is 5.02 Å². The average Bonchev–Trinajstić information content (AvgIpc) is 2.42. The number of nitrogens with one attached hydrogen (secondary N) is 1. The van der Waals surface area contributed by atoms with Gasteiger partial charge in [-0.05, 0) is 35.6 Å². The first-order valence-corrected chi connectivity index (χ1v) is 7.47. The summed E-state index contributed by atoms with van der Waals surface area (Å²) in [6.45, 7) is 1.66. The first kappa shape index (κ1) is 13.5. The van der Waals surface area contributed by atoms with Crippen molar-refractivity contribution in [1.29, 1.82) is 0 Å². The van der Waals surface area contributed by atoms with Gasteiger partial charge in [-0.2, -0.15) is 0 Å². The Hall–Kier alpha value is -0.960. The molecule has 0 saturated carbocycles. The van der Waals surface area contributed by atoms with Crippen LogP contribution in [-0.4, -0.2) is 6.26 Å². The molecule has 0 aromatic heterocycles. The van der Waals surface area contributed by atoms with E-state index in [1.165, 1.54) is 10.5 Å². The molecule has 0 spiro atoms. The summed E-state index contributed by atoms with van der Waals surface area (Å²) in [4.78, 5) is 1.30. The van der Waals surface area contributed by atoms with E-state index in [0.717, 1.165) is 23.7 Å². The smallest absolute Gasteiger partial charge is 0.0450 e. The Kier molecular flexibility index (Phi) is 5.12. The third-order valence-corrected chi connectivity index (χ3v) is 3.87. The number of rotatable bonds is 5. The fourth-order valence-electron chi connectivity index (χ4n) is 1.73. The molecule has 0 aliphatic rings. The SMILES string of the molecule is CSc1ccc(CNCc2ccccc2Cl)cc1. The van der Waals surface area contributed by atoms with Crippen molar-refractivity contribution >= 4 is 23.4 Å². The van der Waals surface area contributed by atoms with Crippen molar-refractivity contribution in [2.24, 2.45) is 0 Å². The molecular weight excluding hydrogens is 262 g/mol. The van der Waals surface area contributed by atoms with Gasteiger partial charge in [-0.1, -0.05) is 41.9 Å². The minimum Gasteiger partial charge on any atom is -0.309 e. The molecule has 0 unspecified atom stereocenters. The van der Waals surface area contributed by atoms with Gasteiger partial charge in [0.2, 0.25) is 0 Å². The van der Waals surface area contributed by atoms with Crippen LogP contribution in [0.5, 0.6) is 0 Å². The van der Waals surface area contributed by atoms with Crippen molar-refractivity contribution in [3.05, 3.63) is 64.7 Å². The predicted octanol–water partition coefficient (Wildman–Crippen LogP) is 4.35. The maximum Gasteiger partial charge on any atom is 0.0450 e. The fraction of sp³-hybridized carbons (Fsp3) is 0.200. The summed E-state index contributed by atoms with van der Waals surface area (Å²) in [5, 5.41) is 4.23. The fourth-order valence-corrected chi connectivity index (χ4v) is 2.34. The molecule has 1 nitrogen and oxygen atoms in total. The number of thioether (sulfide) groups is 1. The van der Waals surface area contributed by atoms with Gasteiger partial charge in [-0.15, -0.1) is 11.8 Å². The first-order valence-electron chi connectivity index (χ1n) is 5.86. The predicted molar refractivity (Wildman–Crippen MR) is 80.2 cm³/mol. The largest absolute Gasteiger partial charge is 0.309 e. The molecule has 18 heavy (non-hydrogen) atoms. The Morgan fingerprint density at radius 1 is 1.00 bits per heavy atom. The summed E-state index contributed by atoms with van der Waals surface area (Å²) in [7, 11) is 0. The number of hydrogen-bond donors (Lipinski definition) is 1. The van der Waals surface area contributed by atoms with E-state index in [-0.39, 0.29) is 0 Å². The van der Waals surface area contributed by atoms with Crippen LogP contribution in [0.15, 0.2) is 53.4 Å². The van der Waals surface area contributed by atoms with Gasteiger partial charge >= 0.3 is 0 Å². The summed E-state index contributed by atoms with van der Waals surface area (Å²) in [5.41, 5.74) is 2.43. The lowest BCUT2D eigenvalue weighted by Gasteiger charge is -2.07. The molecule has 0 atom stereocenters. The number of benzene rings is 2. The second-order valence-electron chi connectivity index (χ2n) is 4.04. The maximum absolute atomic E-state index is 6.10. The second kappa shape index (κ2) is 6.83. The third-order valence-electron chi connectivity index (χ3n) is 2.76. The minimum absolute atomic E-state index is 0.796. The normalized spacial score (nSPS) is 10.6. The van der Waals surface area contributed by atoms with E-state index in [4.69, 9.17) is 11.6 Å². The van der Waals surface area contributed by atoms with Crippen molar-refractivity contribution in [3.63, 3.8) is 0 Å². The molecule has 0 radical (unpaired) electrons. The molecule has 0 saturated heterocycles. The first-order chi connectivity index (χ1) is 8.79. The molecule has 2 rings (SSSR count). The monoisotopic (exact) mass is 277 g/mol. The summed E-state index contributed by atoms with van der Waals surface area (Å²) in [6, 6.07) is 16.5. The highest BCUT2D eigenvalue weighted by molar-refractivity contribution is 7.98. The van der Waals surface area contributed by atoms with Crippen molar-refractivity contribution < 1.29 is 0 Å². The highest BCUT2D eigenvalue weighted by atomic mass is 35.5. The Balaban J connectivity index is 1.86. The molecule has 3 heteroatoms. The van der Waals surface area contributed by atoms with Gasteiger partial charge in [-0.25, -0.2) is 0 Å². The summed E-state index contributed by atoms with van der Waals surface area (Å²) >= 11 is 7.87. The average molecular weight is 278 g/mol. The zero-order chi connectivity index (χ0) is 12.8. The van der Waals surface area contributed by atoms with Gasteiger partial charge in [0.1, 0.15) is 0 Å². The Morgan fingerprint density at radius 3 is 2.39 bits per heavy atom. The van der Waals surface area contributed by atoms with Crippen molar-refractivity contribution in [2.45, 2.75) is 18.0 Å². The quantitative estimate of drug-likeness (QED) is 0.816. The second-order valence-corrected chi connectivity index (χ2v) is 5.33. The van der Waals surface area contributed by atoms with Gasteiger partial charge in [0.25, 0.3) is 0 Å². The zero-order valence-electron chi connectivity index (χ0n) is 10.3. The van der Waals surface area contributed by atoms with Crippen LogP contribution in [0.25, 0.3) is 0 Å². The van der Waals surface area contributed by atoms with Gasteiger partial charge in [0.05, 0.1) is 0 Å². The molecule has 0 bridgehead atoms. The molecule has 0 heterocycles. The van der Waals surface area contributed by atoms with Crippen LogP contribution in [-0.2, 0) is 13.1 Å². The molecule has 1 N–H and O–H groups in total. The molecule has 94 valence electrons. The Labute approximate surface area is 118 Å². The van der Waals surface area contributed by atoms with Gasteiger partial charge < -0.3 is 5.32 Å². The van der Waals surface area contributed by atoms with Gasteiger partial charge in [0.15, 0.2) is 0 Å². The van der Waals surface area contributed by atoms with E-state index in [9.17, 15) is 0 Å². The van der Waals surface area contributed by atoms with Crippen molar-refractivity contribution in [1.82, 2.24) is 5.32 Å². The van der Waals surface area contributed by atoms with E-state index in [1.54, 1.807) is 11.8 Å². The lowest BCUT2D eigenvalue weighted by Crippen LogP contribution is -2.12. The topological polar surface area (TPSA) is 12.0 Å². The van der Waals surface area contributed by atoms with Crippen LogP contribution in [0, 0.1) is 0 Å². The lowest BCUT2D eigenvalue weighted by molar-refractivity contribution is 0.693. The van der Waals surface area contributed by atoms with Crippen LogP contribution in [0.4, 0.5) is 0 Å². The molecule has 0 aliphatic carbocycles. The molecule has 2 aromatic carbocycles. The minimum atomic E-state index is 0.796. The van der Waals surface area contributed by atoms with E-state index in [0.29, 0.717) is 0 Å². The van der Waals surface area contributed by atoms with Crippen molar-refractivity contribution in [2.75, 3.05) is 6.26 Å². The lowest BCUT2D eigenvalue weighted by atomic mass is 10.2. The van der Waals surface area contributed by atoms with Gasteiger partial charge in [0, 0.05) is 23.0 Å². The summed E-state index contributed by atoms with van der Waals surface area (Å²) in [5.74, 6) is 0. The Bertz CT molecular complexity index is 496. The number of halogens is 1. The third kappa shape index (κ3) is 3.77. The van der Waals surface area contributed by atoms with Gasteiger partial charge in [-0.3, -0.25) is 0 Å². The molecule has 0 aliphatic heterocycles. The standard InChI is InChI=1S/C15H16ClNS/c1-18-14-8-6-12(7-9-14)10-17-11-13-4-2-3-5-15(13)16/h2-9,17H,10-11H2,1H3. The highest BCUT2D eigenvalue weighted by Crippen LogP contribution is 2.16. The molecule has 0 amide bonds. The maximum atomic E-state index is 6.10. The van der Waals surface area contributed by atoms with E-state index < -0.39 is 0 Å². The van der Waals surface area contributed by atoms with Crippen LogP contribution < -0.4 is 5.32 Å². The summed E-state index contributed by atoms with van der Waals surface area (Å²) < 4.78 is 0. The van der Waals surface area contributed by atoms with Crippen LogP contribution >= 0.6 is 23.4 Å².